The molecule has 0 saturated heterocycles. The molecule has 24 heavy (non-hydrogen) atoms. The smallest absolute Gasteiger partial charge is 0.547 e. The molecule has 0 aliphatic heterocycles. The normalized spacial score (nSPS) is 13.2. The summed E-state index contributed by atoms with van der Waals surface area (Å²) in [6, 6.07) is 0. The average molecular weight is 404 g/mol. The van der Waals surface area contributed by atoms with Crippen molar-refractivity contribution in [3.8, 4) is 0 Å². The van der Waals surface area contributed by atoms with Gasteiger partial charge in [0.05, 0.1) is 23.9 Å². The van der Waals surface area contributed by atoms with E-state index in [1.807, 2.05) is 0 Å². The van der Waals surface area contributed by atoms with E-state index in [1.54, 1.807) is 0 Å². The topological polar surface area (TPSA) is 241 Å². The van der Waals surface area contributed by atoms with E-state index in [2.05, 4.69) is 0 Å². The van der Waals surface area contributed by atoms with Crippen LogP contribution in [0.1, 0.15) is 0 Å². The van der Waals surface area contributed by atoms with Gasteiger partial charge in [-0.05, 0) is 0 Å². The number of carboxylic acid groups (broad SMARTS) is 4. The molecular weight excluding hydrogens is 396 g/mol. The van der Waals surface area contributed by atoms with E-state index in [1.165, 1.54) is 0 Å². The number of aliphatic hydroxyl groups excluding tert-OH is 4. The van der Waals surface area contributed by atoms with Crippen molar-refractivity contribution in [2.45, 2.75) is 24.4 Å². The summed E-state index contributed by atoms with van der Waals surface area (Å²) >= 11 is 0. The van der Waals surface area contributed by atoms with Crippen LogP contribution in [0.5, 0.6) is 0 Å². The van der Waals surface area contributed by atoms with Gasteiger partial charge in [0, 0.05) is 0 Å². The van der Waals surface area contributed by atoms with Crippen LogP contribution in [0.25, 0.3) is 0 Å². The fourth-order valence-corrected chi connectivity index (χ4v) is 0.516. The van der Waals surface area contributed by atoms with Gasteiger partial charge in [-0.3, -0.25) is 0 Å². The minimum absolute atomic E-state index is 0. The Hall–Kier alpha value is 2.36. The molecule has 4 unspecified atom stereocenters. The first-order chi connectivity index (χ1) is 8.93. The maximum atomic E-state index is 9.63. The number of carbonyl (C=O) groups is 4. The van der Waals surface area contributed by atoms with E-state index < -0.39 is 48.3 Å². The van der Waals surface area contributed by atoms with Gasteiger partial charge < -0.3 is 60.0 Å². The number of carboxylic acids is 4. The van der Waals surface area contributed by atoms with Crippen molar-refractivity contribution in [3.05, 3.63) is 0 Å². The average Bonchev–Trinajstić information content (AvgIpc) is 2.35. The number of hydrogen-bond donors (Lipinski definition) is 4. The van der Waals surface area contributed by atoms with Crippen LogP contribution in [-0.4, -0.2) is 68.7 Å². The summed E-state index contributed by atoms with van der Waals surface area (Å²) in [7, 11) is 0. The predicted molar refractivity (Wildman–Crippen MR) is 44.1 cm³/mol. The van der Waals surface area contributed by atoms with Gasteiger partial charge in [-0.15, -0.1) is 0 Å². The Bertz CT molecular complexity index is 322. The SMILES string of the molecule is O=C([O-])C(O)C(O)C(=O)[O-].O=C([O-])C(O)C(O)C(=O)[O-].[K+].[Na+].[Na+].[Na+]. The minimum Gasteiger partial charge on any atom is -0.547 e. The van der Waals surface area contributed by atoms with Crippen molar-refractivity contribution in [2.24, 2.45) is 0 Å². The summed E-state index contributed by atoms with van der Waals surface area (Å²) in [5.74, 6) is -8.23. The van der Waals surface area contributed by atoms with Crippen molar-refractivity contribution >= 4 is 23.9 Å². The standard InChI is InChI=1S/2C4H6O6.K.3Na/c2*5-1(3(7)8)2(6)4(9)10;;;;/h2*1-2,5-6H,(H,7,8)(H,9,10);;;;/q;;4*+1/p-4. The first-order valence-corrected chi connectivity index (χ1v) is 4.49. The zero-order valence-corrected chi connectivity index (χ0v) is 22.5. The zero-order chi connectivity index (χ0) is 16.6. The monoisotopic (exact) mass is 404 g/mol. The van der Waals surface area contributed by atoms with Crippen LogP contribution in [0.3, 0.4) is 0 Å². The predicted octanol–water partition coefficient (Wildman–Crippen LogP) is -21.6. The third kappa shape index (κ3) is 19.1. The van der Waals surface area contributed by atoms with Crippen LogP contribution < -0.4 is 160 Å². The van der Waals surface area contributed by atoms with Crippen molar-refractivity contribution in [2.75, 3.05) is 0 Å². The van der Waals surface area contributed by atoms with Crippen LogP contribution in [0.4, 0.5) is 0 Å². The fraction of sp³-hybridized carbons (Fsp3) is 0.500. The molecule has 4 atom stereocenters. The van der Waals surface area contributed by atoms with Gasteiger partial charge in [-0.2, -0.15) is 0 Å². The summed E-state index contributed by atoms with van der Waals surface area (Å²) < 4.78 is 0. The van der Waals surface area contributed by atoms with Crippen molar-refractivity contribution in [1.82, 2.24) is 0 Å². The number of aliphatic hydroxyl groups is 4. The Balaban J connectivity index is -0.0000000579. The third-order valence-electron chi connectivity index (χ3n) is 1.56. The van der Waals surface area contributed by atoms with E-state index in [0.29, 0.717) is 0 Å². The van der Waals surface area contributed by atoms with Crippen LogP contribution in [-0.2, 0) is 19.2 Å². The molecule has 4 N–H and O–H groups in total. The molecule has 0 fully saturated rings. The summed E-state index contributed by atoms with van der Waals surface area (Å²) in [4.78, 5) is 38.5. The molecule has 0 rings (SSSR count). The number of hydrogen-bond acceptors (Lipinski definition) is 12. The summed E-state index contributed by atoms with van der Waals surface area (Å²) in [6.45, 7) is 0. The van der Waals surface area contributed by atoms with Gasteiger partial charge in [0.1, 0.15) is 24.4 Å². The van der Waals surface area contributed by atoms with Crippen molar-refractivity contribution in [3.63, 3.8) is 0 Å². The van der Waals surface area contributed by atoms with Crippen molar-refractivity contribution in [1.29, 1.82) is 0 Å². The molecule has 0 aliphatic rings. The third-order valence-corrected chi connectivity index (χ3v) is 1.56. The van der Waals surface area contributed by atoms with E-state index in [0.717, 1.165) is 0 Å². The molecule has 0 aliphatic carbocycles. The number of carbonyl (C=O) groups excluding carboxylic acids is 4. The van der Waals surface area contributed by atoms with Gasteiger partial charge in [0.2, 0.25) is 0 Å². The maximum absolute atomic E-state index is 9.63. The minimum atomic E-state index is -2.44. The van der Waals surface area contributed by atoms with Crippen LogP contribution in [0.2, 0.25) is 0 Å². The summed E-state index contributed by atoms with van der Waals surface area (Å²) in [6.07, 6.45) is -9.76. The molecule has 0 heterocycles. The second-order valence-corrected chi connectivity index (χ2v) is 3.06. The van der Waals surface area contributed by atoms with Crippen molar-refractivity contribution < 1.29 is 200 Å². The van der Waals surface area contributed by atoms with Crippen LogP contribution in [0.15, 0.2) is 0 Å². The summed E-state index contributed by atoms with van der Waals surface area (Å²) in [5, 5.41) is 71.5. The Labute approximate surface area is 243 Å². The molecule has 0 aromatic heterocycles. The molecule has 116 valence electrons. The molecule has 0 amide bonds. The van der Waals surface area contributed by atoms with E-state index in [-0.39, 0.29) is 140 Å². The quantitative estimate of drug-likeness (QED) is 0.302. The Morgan fingerprint density at radius 2 is 0.583 bits per heavy atom. The zero-order valence-electron chi connectivity index (χ0n) is 13.4. The molecule has 0 aromatic rings. The molecule has 0 bridgehead atoms. The molecule has 0 aromatic carbocycles. The van der Waals surface area contributed by atoms with Gasteiger partial charge in [-0.1, -0.05) is 0 Å². The van der Waals surface area contributed by atoms with Gasteiger partial charge in [0.15, 0.2) is 0 Å². The van der Waals surface area contributed by atoms with E-state index >= 15 is 0 Å². The second kappa shape index (κ2) is 21.7. The maximum Gasteiger partial charge on any atom is 1.00 e. The first kappa shape index (κ1) is 40.9. The van der Waals surface area contributed by atoms with Crippen LogP contribution in [0, 0.1) is 0 Å². The molecule has 16 heteroatoms. The van der Waals surface area contributed by atoms with E-state index in [9.17, 15) is 39.6 Å². The summed E-state index contributed by atoms with van der Waals surface area (Å²) in [5.41, 5.74) is 0. The van der Waals surface area contributed by atoms with Gasteiger partial charge in [0.25, 0.3) is 0 Å². The molecule has 0 spiro atoms. The second-order valence-electron chi connectivity index (χ2n) is 3.06. The molecule has 0 radical (unpaired) electrons. The van der Waals surface area contributed by atoms with Gasteiger partial charge in [-0.25, -0.2) is 0 Å². The first-order valence-electron chi connectivity index (χ1n) is 4.49. The number of rotatable bonds is 6. The number of aliphatic carboxylic acids is 4. The fourth-order valence-electron chi connectivity index (χ4n) is 0.516. The van der Waals surface area contributed by atoms with E-state index in [4.69, 9.17) is 20.4 Å². The molecule has 12 nitrogen and oxygen atoms in total. The largest absolute Gasteiger partial charge is 1.00 e. The van der Waals surface area contributed by atoms with Crippen LogP contribution >= 0.6 is 0 Å². The molecule has 0 saturated carbocycles. The van der Waals surface area contributed by atoms with Gasteiger partial charge >= 0.3 is 140 Å². The Kier molecular flexibility index (Phi) is 36.9. The molecular formula is C8H8KNa3O12. The Morgan fingerprint density at radius 3 is 0.625 bits per heavy atom. The Morgan fingerprint density at radius 1 is 0.500 bits per heavy atom.